The SMILES string of the molecule is CC(C)(C)OC(=O)NCCc1c(-c2ccc3cnccc3c2)noc1NCC(N)Cc1c[nH]c2ccccc12. The van der Waals surface area contributed by atoms with Gasteiger partial charge in [0, 0.05) is 65.1 Å². The molecule has 0 saturated carbocycles. The van der Waals surface area contributed by atoms with Gasteiger partial charge >= 0.3 is 6.09 Å². The number of carbonyl (C=O) groups excluding carboxylic acids is 1. The van der Waals surface area contributed by atoms with Crippen molar-refractivity contribution in [2.24, 2.45) is 5.73 Å². The van der Waals surface area contributed by atoms with Crippen molar-refractivity contribution >= 4 is 33.7 Å². The number of aromatic amines is 1. The van der Waals surface area contributed by atoms with Gasteiger partial charge in [-0.15, -0.1) is 0 Å². The summed E-state index contributed by atoms with van der Waals surface area (Å²) in [5.41, 5.74) is 10.7. The highest BCUT2D eigenvalue weighted by molar-refractivity contribution is 5.87. The van der Waals surface area contributed by atoms with Crippen LogP contribution < -0.4 is 16.4 Å². The van der Waals surface area contributed by atoms with E-state index in [1.165, 1.54) is 10.9 Å². The Bertz CT molecular complexity index is 1580. The zero-order valence-electron chi connectivity index (χ0n) is 22.5. The van der Waals surface area contributed by atoms with Crippen LogP contribution in [0.3, 0.4) is 0 Å². The number of H-pyrrole nitrogens is 1. The van der Waals surface area contributed by atoms with E-state index in [1.807, 2.05) is 63.5 Å². The summed E-state index contributed by atoms with van der Waals surface area (Å²) in [4.78, 5) is 19.7. The van der Waals surface area contributed by atoms with E-state index in [-0.39, 0.29) is 6.04 Å². The van der Waals surface area contributed by atoms with E-state index in [0.29, 0.717) is 37.5 Å². The lowest BCUT2D eigenvalue weighted by Gasteiger charge is -2.19. The molecule has 9 heteroatoms. The number of pyridine rings is 1. The Labute approximate surface area is 227 Å². The smallest absolute Gasteiger partial charge is 0.407 e. The van der Waals surface area contributed by atoms with Crippen molar-refractivity contribution in [2.45, 2.75) is 45.3 Å². The molecular formula is C30H34N6O3. The molecule has 1 amide bonds. The number of hydrogen-bond donors (Lipinski definition) is 4. The molecule has 0 aliphatic carbocycles. The highest BCUT2D eigenvalue weighted by Gasteiger charge is 2.20. The Morgan fingerprint density at radius 2 is 2.00 bits per heavy atom. The van der Waals surface area contributed by atoms with Crippen LogP contribution in [0.1, 0.15) is 31.9 Å². The van der Waals surface area contributed by atoms with Crippen LogP contribution in [0.5, 0.6) is 0 Å². The van der Waals surface area contributed by atoms with Crippen LogP contribution in [0.2, 0.25) is 0 Å². The van der Waals surface area contributed by atoms with Gasteiger partial charge in [-0.2, -0.15) is 0 Å². The number of fused-ring (bicyclic) bond motifs is 2. The third-order valence-electron chi connectivity index (χ3n) is 6.43. The van der Waals surface area contributed by atoms with Crippen LogP contribution in [0.15, 0.2) is 71.6 Å². The van der Waals surface area contributed by atoms with Gasteiger partial charge < -0.3 is 30.6 Å². The number of amides is 1. The quantitative estimate of drug-likeness (QED) is 0.202. The molecule has 2 aromatic carbocycles. The number of hydrogen-bond acceptors (Lipinski definition) is 7. The lowest BCUT2D eigenvalue weighted by molar-refractivity contribution is 0.0528. The minimum absolute atomic E-state index is 0.154. The molecule has 5 aromatic rings. The van der Waals surface area contributed by atoms with Crippen LogP contribution in [0.25, 0.3) is 32.9 Å². The number of ether oxygens (including phenoxy) is 1. The summed E-state index contributed by atoms with van der Waals surface area (Å²) in [6, 6.07) is 16.1. The van der Waals surface area contributed by atoms with E-state index in [4.69, 9.17) is 15.0 Å². The molecule has 39 heavy (non-hydrogen) atoms. The van der Waals surface area contributed by atoms with Crippen LogP contribution in [-0.2, 0) is 17.6 Å². The van der Waals surface area contributed by atoms with Gasteiger partial charge in [0.15, 0.2) is 0 Å². The van der Waals surface area contributed by atoms with Gasteiger partial charge in [-0.25, -0.2) is 4.79 Å². The molecule has 9 nitrogen and oxygen atoms in total. The summed E-state index contributed by atoms with van der Waals surface area (Å²) < 4.78 is 11.2. The number of aromatic nitrogens is 3. The maximum absolute atomic E-state index is 12.2. The lowest BCUT2D eigenvalue weighted by Crippen LogP contribution is -2.33. The van der Waals surface area contributed by atoms with E-state index < -0.39 is 11.7 Å². The average Bonchev–Trinajstić information content (AvgIpc) is 3.50. The number of carbonyl (C=O) groups is 1. The molecule has 0 aliphatic rings. The fourth-order valence-corrected chi connectivity index (χ4v) is 4.62. The molecule has 0 fully saturated rings. The predicted molar refractivity (Wildman–Crippen MR) is 154 cm³/mol. The Morgan fingerprint density at radius 3 is 2.85 bits per heavy atom. The molecule has 5 N–H and O–H groups in total. The minimum atomic E-state index is -0.569. The summed E-state index contributed by atoms with van der Waals surface area (Å²) in [6.45, 7) is 6.35. The molecule has 0 spiro atoms. The first-order valence-corrected chi connectivity index (χ1v) is 13.1. The normalized spacial score (nSPS) is 12.5. The highest BCUT2D eigenvalue weighted by Crippen LogP contribution is 2.31. The Balaban J connectivity index is 1.33. The van der Waals surface area contributed by atoms with Gasteiger partial charge in [0.25, 0.3) is 0 Å². The zero-order valence-corrected chi connectivity index (χ0v) is 22.5. The number of alkyl carbamates (subject to hydrolysis) is 1. The van der Waals surface area contributed by atoms with Crippen molar-refractivity contribution in [2.75, 3.05) is 18.4 Å². The number of nitrogens with one attached hydrogen (secondary N) is 3. The van der Waals surface area contributed by atoms with Gasteiger partial charge in [0.2, 0.25) is 5.88 Å². The molecule has 3 heterocycles. The fourth-order valence-electron chi connectivity index (χ4n) is 4.62. The Hall–Kier alpha value is -4.37. The second kappa shape index (κ2) is 11.2. The van der Waals surface area contributed by atoms with Crippen molar-refractivity contribution in [1.82, 2.24) is 20.4 Å². The monoisotopic (exact) mass is 526 g/mol. The first-order chi connectivity index (χ1) is 18.8. The van der Waals surface area contributed by atoms with Crippen LogP contribution >= 0.6 is 0 Å². The van der Waals surface area contributed by atoms with Crippen molar-refractivity contribution in [3.8, 4) is 11.3 Å². The van der Waals surface area contributed by atoms with Crippen molar-refractivity contribution in [3.05, 3.63) is 78.2 Å². The number of nitrogens with zero attached hydrogens (tertiary/aromatic N) is 2. The van der Waals surface area contributed by atoms with Gasteiger partial charge in [-0.1, -0.05) is 35.5 Å². The molecule has 5 rings (SSSR count). The second-order valence-corrected chi connectivity index (χ2v) is 10.7. The Kier molecular flexibility index (Phi) is 7.51. The first-order valence-electron chi connectivity index (χ1n) is 13.1. The summed E-state index contributed by atoms with van der Waals surface area (Å²) in [5, 5.41) is 13.9. The third-order valence-corrected chi connectivity index (χ3v) is 6.43. The summed E-state index contributed by atoms with van der Waals surface area (Å²) in [6.07, 6.45) is 6.34. The standard InChI is InChI=1S/C30H34N6O3/c1-30(2,3)38-29(37)33-13-11-25-27(20-8-9-21-16-32-12-10-19(21)14-20)36-39-28(25)35-18-23(31)15-22-17-34-26-7-5-4-6-24(22)26/h4-10,12,14,16-17,23,34-35H,11,13,15,18,31H2,1-3H3,(H,33,37). The first kappa shape index (κ1) is 26.2. The second-order valence-electron chi connectivity index (χ2n) is 10.7. The topological polar surface area (TPSA) is 131 Å². The zero-order chi connectivity index (χ0) is 27.4. The molecule has 0 bridgehead atoms. The van der Waals surface area contributed by atoms with Crippen molar-refractivity contribution in [3.63, 3.8) is 0 Å². The number of nitrogens with two attached hydrogens (primary N) is 1. The number of benzene rings is 2. The van der Waals surface area contributed by atoms with Crippen LogP contribution in [-0.4, -0.2) is 46.0 Å². The van der Waals surface area contributed by atoms with Crippen molar-refractivity contribution < 1.29 is 14.1 Å². The van der Waals surface area contributed by atoms with Crippen molar-refractivity contribution in [1.29, 1.82) is 0 Å². The molecule has 202 valence electrons. The lowest BCUT2D eigenvalue weighted by atomic mass is 10.0. The van der Waals surface area contributed by atoms with E-state index in [9.17, 15) is 4.79 Å². The number of rotatable bonds is 9. The molecular weight excluding hydrogens is 492 g/mol. The van der Waals surface area contributed by atoms with E-state index in [1.54, 1.807) is 6.20 Å². The molecule has 1 unspecified atom stereocenters. The number of anilines is 1. The molecule has 1 atom stereocenters. The third kappa shape index (κ3) is 6.38. The summed E-state index contributed by atoms with van der Waals surface area (Å²) in [7, 11) is 0. The van der Waals surface area contributed by atoms with E-state index >= 15 is 0 Å². The molecule has 0 aliphatic heterocycles. The highest BCUT2D eigenvalue weighted by atomic mass is 16.6. The maximum Gasteiger partial charge on any atom is 0.407 e. The Morgan fingerprint density at radius 1 is 1.15 bits per heavy atom. The molecule has 0 saturated heterocycles. The predicted octanol–water partition coefficient (Wildman–Crippen LogP) is 5.42. The number of para-hydroxylation sites is 1. The maximum atomic E-state index is 12.2. The van der Waals surface area contributed by atoms with Gasteiger partial charge in [0.05, 0.1) is 0 Å². The van der Waals surface area contributed by atoms with Crippen LogP contribution in [0, 0.1) is 0 Å². The molecule has 3 aromatic heterocycles. The summed E-state index contributed by atoms with van der Waals surface area (Å²) >= 11 is 0. The largest absolute Gasteiger partial charge is 0.444 e. The van der Waals surface area contributed by atoms with Gasteiger partial charge in [-0.05, 0) is 62.8 Å². The van der Waals surface area contributed by atoms with E-state index in [0.717, 1.165) is 27.4 Å². The van der Waals surface area contributed by atoms with Gasteiger partial charge in [0.1, 0.15) is 11.3 Å². The minimum Gasteiger partial charge on any atom is -0.444 e. The summed E-state index contributed by atoms with van der Waals surface area (Å²) in [5.74, 6) is 0.542. The van der Waals surface area contributed by atoms with Crippen LogP contribution in [0.4, 0.5) is 10.7 Å². The van der Waals surface area contributed by atoms with E-state index in [2.05, 4.69) is 44.0 Å². The fraction of sp³-hybridized carbons (Fsp3) is 0.300. The van der Waals surface area contributed by atoms with Gasteiger partial charge in [-0.3, -0.25) is 4.98 Å². The average molecular weight is 527 g/mol. The molecule has 0 radical (unpaired) electrons.